The third-order valence-corrected chi connectivity index (χ3v) is 3.12. The number of rotatable bonds is 1. The van der Waals surface area contributed by atoms with Crippen LogP contribution in [0, 0.1) is 0 Å². The van der Waals surface area contributed by atoms with Gasteiger partial charge in [-0.25, -0.2) is 0 Å². The van der Waals surface area contributed by atoms with Crippen LogP contribution in [0.1, 0.15) is 17.0 Å². The van der Waals surface area contributed by atoms with Crippen molar-refractivity contribution in [2.45, 2.75) is 12.1 Å². The van der Waals surface area contributed by atoms with Gasteiger partial charge < -0.3 is 6.15 Å². The molecule has 102 valence electrons. The lowest BCUT2D eigenvalue weighted by Crippen LogP contribution is -2.16. The fraction of sp³-hybridized carbons (Fsp3) is 0.143. The van der Waals surface area contributed by atoms with Crippen molar-refractivity contribution in [3.63, 3.8) is 0 Å². The van der Waals surface area contributed by atoms with Crippen LogP contribution in [-0.2, 0) is 6.18 Å². The van der Waals surface area contributed by atoms with Gasteiger partial charge in [-0.1, -0.05) is 42.5 Å². The molecule has 3 N–H and O–H groups in total. The summed E-state index contributed by atoms with van der Waals surface area (Å²) in [5, 5.41) is 0. The van der Waals surface area contributed by atoms with E-state index in [4.69, 9.17) is 0 Å². The third-order valence-electron chi connectivity index (χ3n) is 3.12. The molecule has 2 aliphatic rings. The van der Waals surface area contributed by atoms with Crippen molar-refractivity contribution in [2.24, 2.45) is 0 Å². The zero-order chi connectivity index (χ0) is 12.0. The minimum Gasteiger partial charge on any atom is -0.344 e. The maximum atomic E-state index is 12.6. The number of alkyl halides is 3. The first-order valence-corrected chi connectivity index (χ1v) is 5.33. The first-order chi connectivity index (χ1) is 8.05. The van der Waals surface area contributed by atoms with E-state index in [2.05, 4.69) is 0 Å². The summed E-state index contributed by atoms with van der Waals surface area (Å²) in [6.45, 7) is 0. The highest BCUT2D eigenvalue weighted by atomic mass is 35.5. The zero-order valence-corrected chi connectivity index (χ0v) is 10.8. The molecule has 5 heteroatoms. The van der Waals surface area contributed by atoms with E-state index >= 15 is 0 Å². The van der Waals surface area contributed by atoms with Gasteiger partial charge in [0.15, 0.2) is 0 Å². The first-order valence-electron chi connectivity index (χ1n) is 5.33. The largest absolute Gasteiger partial charge is 0.416 e. The summed E-state index contributed by atoms with van der Waals surface area (Å²) >= 11 is 0. The Balaban J connectivity index is 0.000000902. The smallest absolute Gasteiger partial charge is 0.344 e. The zero-order valence-electron chi connectivity index (χ0n) is 9.95. The molecule has 1 aromatic carbocycles. The van der Waals surface area contributed by atoms with Gasteiger partial charge in [-0.05, 0) is 22.8 Å². The Hall–Kier alpha value is -1.52. The van der Waals surface area contributed by atoms with Gasteiger partial charge in [0.2, 0.25) is 0 Å². The molecule has 0 heterocycles. The lowest BCUT2D eigenvalue weighted by atomic mass is 9.72. The van der Waals surface area contributed by atoms with Gasteiger partial charge in [0.1, 0.15) is 0 Å². The van der Waals surface area contributed by atoms with Crippen molar-refractivity contribution in [2.75, 3.05) is 0 Å². The van der Waals surface area contributed by atoms with Gasteiger partial charge in [0.25, 0.3) is 0 Å². The van der Waals surface area contributed by atoms with E-state index in [0.29, 0.717) is 5.56 Å². The summed E-state index contributed by atoms with van der Waals surface area (Å²) in [5.41, 5.74) is 2.31. The molecule has 1 nitrogen and oxygen atoms in total. The van der Waals surface area contributed by atoms with Crippen LogP contribution in [0.25, 0.3) is 0 Å². The molecule has 0 saturated heterocycles. The summed E-state index contributed by atoms with van der Waals surface area (Å²) in [7, 11) is 0. The molecule has 3 rings (SSSR count). The summed E-state index contributed by atoms with van der Waals surface area (Å²) < 4.78 is 37.8. The molecule has 0 saturated carbocycles. The minimum absolute atomic E-state index is 0. The van der Waals surface area contributed by atoms with E-state index in [1.165, 1.54) is 12.1 Å². The van der Waals surface area contributed by atoms with E-state index in [1.54, 1.807) is 6.07 Å². The highest BCUT2D eigenvalue weighted by Gasteiger charge is 2.33. The number of allylic oxidation sites excluding steroid dienone is 6. The van der Waals surface area contributed by atoms with Crippen LogP contribution in [-0.4, -0.2) is 0 Å². The fourth-order valence-corrected chi connectivity index (χ4v) is 2.29. The average molecular weight is 288 g/mol. The van der Waals surface area contributed by atoms with E-state index < -0.39 is 11.7 Å². The maximum Gasteiger partial charge on any atom is 0.416 e. The average Bonchev–Trinajstić information content (AvgIpc) is 2.29. The van der Waals surface area contributed by atoms with Gasteiger partial charge in [-0.3, -0.25) is 0 Å². The molecule has 1 atom stereocenters. The molecule has 0 spiro atoms. The number of benzene rings is 1. The SMILES string of the molecule is Cl.FC(F)(F)c1cccc(C2C3=CC=CC2=C3)c1.N. The monoisotopic (exact) mass is 287 g/mol. The van der Waals surface area contributed by atoms with E-state index in [-0.39, 0.29) is 24.5 Å². The van der Waals surface area contributed by atoms with Gasteiger partial charge in [-0.15, -0.1) is 12.4 Å². The highest BCUT2D eigenvalue weighted by molar-refractivity contribution is 5.85. The van der Waals surface area contributed by atoms with Crippen LogP contribution in [0.4, 0.5) is 13.2 Å². The molecular formula is C14H13ClF3N. The van der Waals surface area contributed by atoms with Gasteiger partial charge >= 0.3 is 6.18 Å². The molecular weight excluding hydrogens is 275 g/mol. The van der Waals surface area contributed by atoms with Crippen LogP contribution in [0.3, 0.4) is 0 Å². The van der Waals surface area contributed by atoms with Crippen molar-refractivity contribution in [1.82, 2.24) is 6.15 Å². The normalized spacial score (nSPS) is 19.4. The molecule has 1 aromatic rings. The van der Waals surface area contributed by atoms with Crippen LogP contribution < -0.4 is 6.15 Å². The molecule has 0 radical (unpaired) electrons. The predicted octanol–water partition coefficient (Wildman–Crippen LogP) is 4.81. The summed E-state index contributed by atoms with van der Waals surface area (Å²) in [5.74, 6) is 0.0299. The van der Waals surface area contributed by atoms with Crippen molar-refractivity contribution >= 4 is 12.4 Å². The lowest BCUT2D eigenvalue weighted by Gasteiger charge is -2.32. The maximum absolute atomic E-state index is 12.6. The van der Waals surface area contributed by atoms with Crippen LogP contribution in [0.15, 0.2) is 59.7 Å². The Morgan fingerprint density at radius 3 is 2.32 bits per heavy atom. The predicted molar refractivity (Wildman–Crippen MR) is 71.8 cm³/mol. The summed E-state index contributed by atoms with van der Waals surface area (Å²) in [6, 6.07) is 5.57. The number of fused-ring (bicyclic) bond motifs is 2. The topological polar surface area (TPSA) is 35.0 Å². The van der Waals surface area contributed by atoms with Crippen LogP contribution in [0.2, 0.25) is 0 Å². The molecule has 0 aromatic heterocycles. The number of hydrogen-bond acceptors (Lipinski definition) is 1. The fourth-order valence-electron chi connectivity index (χ4n) is 2.29. The second-order valence-electron chi connectivity index (χ2n) is 4.23. The Labute approximate surface area is 115 Å². The molecule has 0 amide bonds. The standard InChI is InChI=1S/C14H9F3.ClH.H3N/c15-14(16,17)12-6-2-5-11(8-12)13-9-3-1-4-10(13)7-9;;/h1-8,13H;1H;1H3. The Bertz CT molecular complexity index is 559. The van der Waals surface area contributed by atoms with Crippen molar-refractivity contribution in [1.29, 1.82) is 0 Å². The Kier molecular flexibility index (Phi) is 4.28. The van der Waals surface area contributed by atoms with Gasteiger partial charge in [-0.2, -0.15) is 13.2 Å². The second-order valence-corrected chi connectivity index (χ2v) is 4.23. The van der Waals surface area contributed by atoms with Gasteiger partial charge in [0.05, 0.1) is 5.56 Å². The Morgan fingerprint density at radius 1 is 1.05 bits per heavy atom. The molecule has 0 fully saturated rings. The van der Waals surface area contributed by atoms with Gasteiger partial charge in [0, 0.05) is 5.92 Å². The summed E-state index contributed by atoms with van der Waals surface area (Å²) in [4.78, 5) is 0. The quantitative estimate of drug-likeness (QED) is 0.790. The molecule has 2 bridgehead atoms. The van der Waals surface area contributed by atoms with Crippen LogP contribution in [0.5, 0.6) is 0 Å². The van der Waals surface area contributed by atoms with Crippen LogP contribution >= 0.6 is 12.4 Å². The van der Waals surface area contributed by atoms with Crippen molar-refractivity contribution in [3.05, 3.63) is 70.8 Å². The van der Waals surface area contributed by atoms with E-state index in [1.807, 2.05) is 24.3 Å². The number of hydrogen-bond donors (Lipinski definition) is 1. The van der Waals surface area contributed by atoms with Crippen molar-refractivity contribution in [3.8, 4) is 0 Å². The second kappa shape index (κ2) is 5.23. The molecule has 19 heavy (non-hydrogen) atoms. The van der Waals surface area contributed by atoms with E-state index in [9.17, 15) is 13.2 Å². The lowest BCUT2D eigenvalue weighted by molar-refractivity contribution is -0.137. The molecule has 2 aliphatic carbocycles. The highest BCUT2D eigenvalue weighted by Crippen LogP contribution is 2.45. The number of halogens is 4. The minimum atomic E-state index is -4.27. The summed E-state index contributed by atoms with van der Waals surface area (Å²) in [6.07, 6.45) is 3.54. The van der Waals surface area contributed by atoms with Crippen molar-refractivity contribution < 1.29 is 13.2 Å². The molecule has 0 aliphatic heterocycles. The Morgan fingerprint density at radius 2 is 1.79 bits per heavy atom. The third kappa shape index (κ3) is 2.60. The first kappa shape index (κ1) is 15.5. The molecule has 1 unspecified atom stereocenters. The van der Waals surface area contributed by atoms with E-state index in [0.717, 1.165) is 17.2 Å².